The largest absolute Gasteiger partial charge is 0.489 e. The van der Waals surface area contributed by atoms with Crippen LogP contribution in [-0.2, 0) is 10.2 Å². The van der Waals surface area contributed by atoms with Crippen LogP contribution in [0.25, 0.3) is 0 Å². The second-order valence-electron chi connectivity index (χ2n) is 4.34. The van der Waals surface area contributed by atoms with Gasteiger partial charge < -0.3 is 9.64 Å². The Kier molecular flexibility index (Phi) is 3.36. The third-order valence-corrected chi connectivity index (χ3v) is 4.24. The second-order valence-corrected chi connectivity index (χ2v) is 6.23. The molecule has 0 saturated heterocycles. The highest BCUT2D eigenvalue weighted by molar-refractivity contribution is 7.90. The van der Waals surface area contributed by atoms with E-state index in [0.29, 0.717) is 18.0 Å². The Labute approximate surface area is 107 Å². The van der Waals surface area contributed by atoms with E-state index in [1.165, 1.54) is 14.1 Å². The van der Waals surface area contributed by atoms with Gasteiger partial charge >= 0.3 is 10.2 Å². The van der Waals surface area contributed by atoms with Crippen LogP contribution in [0.5, 0.6) is 5.75 Å². The molecule has 18 heavy (non-hydrogen) atoms. The van der Waals surface area contributed by atoms with Crippen molar-refractivity contribution in [3.05, 3.63) is 18.2 Å². The lowest BCUT2D eigenvalue weighted by molar-refractivity contribution is 0.311. The first-order valence-corrected chi connectivity index (χ1v) is 7.02. The molecule has 0 aromatic heterocycles. The van der Waals surface area contributed by atoms with Crippen molar-refractivity contribution in [2.24, 2.45) is 0 Å². The normalized spacial score (nSPS) is 15.2. The fraction of sp³-hybridized carbons (Fsp3) is 0.455. The van der Waals surface area contributed by atoms with Gasteiger partial charge in [-0.25, -0.2) is 0 Å². The topological polar surface area (TPSA) is 61.9 Å². The van der Waals surface area contributed by atoms with Gasteiger partial charge in [0, 0.05) is 27.2 Å². The van der Waals surface area contributed by atoms with Crippen molar-refractivity contribution in [2.75, 3.05) is 43.9 Å². The average Bonchev–Trinajstić information content (AvgIpc) is 2.28. The molecule has 0 saturated carbocycles. The molecule has 0 spiro atoms. The molecule has 1 heterocycles. The lowest BCUT2D eigenvalue weighted by Crippen LogP contribution is -2.30. The number of likely N-dealkylation sites (N-methyl/N-ethyl adjacent to an activating group) is 1. The van der Waals surface area contributed by atoms with Crippen LogP contribution >= 0.6 is 0 Å². The summed E-state index contributed by atoms with van der Waals surface area (Å²) < 4.78 is 32.5. The van der Waals surface area contributed by atoms with Gasteiger partial charge in [0.1, 0.15) is 12.4 Å². The number of hydrogen-bond acceptors (Lipinski definition) is 4. The highest BCUT2D eigenvalue weighted by Crippen LogP contribution is 2.33. The first-order valence-electron chi connectivity index (χ1n) is 5.58. The molecule has 1 N–H and O–H groups in total. The van der Waals surface area contributed by atoms with Crippen molar-refractivity contribution in [3.8, 4) is 5.75 Å². The van der Waals surface area contributed by atoms with Gasteiger partial charge in [-0.2, -0.15) is 12.7 Å². The molecular weight excluding hydrogens is 254 g/mol. The lowest BCUT2D eigenvalue weighted by Gasteiger charge is -2.28. The SMILES string of the molecule is CN1CCOc2cc(NS(=O)(=O)N(C)C)ccc21. The molecule has 0 bridgehead atoms. The molecule has 7 heteroatoms. The quantitative estimate of drug-likeness (QED) is 0.880. The number of ether oxygens (including phenoxy) is 1. The van der Waals surface area contributed by atoms with E-state index >= 15 is 0 Å². The number of hydrogen-bond donors (Lipinski definition) is 1. The van der Waals surface area contributed by atoms with Gasteiger partial charge in [0.25, 0.3) is 0 Å². The predicted octanol–water partition coefficient (Wildman–Crippen LogP) is 0.734. The fourth-order valence-corrected chi connectivity index (χ4v) is 2.27. The van der Waals surface area contributed by atoms with E-state index in [0.717, 1.165) is 16.5 Å². The fourth-order valence-electron chi connectivity index (χ4n) is 1.66. The minimum atomic E-state index is -3.48. The second kappa shape index (κ2) is 4.66. The summed E-state index contributed by atoms with van der Waals surface area (Å²) in [6.45, 7) is 1.43. The summed E-state index contributed by atoms with van der Waals surface area (Å²) in [5.41, 5.74) is 1.46. The van der Waals surface area contributed by atoms with Gasteiger partial charge in [0.2, 0.25) is 0 Å². The summed E-state index contributed by atoms with van der Waals surface area (Å²) in [4.78, 5) is 2.07. The van der Waals surface area contributed by atoms with E-state index in [-0.39, 0.29) is 0 Å². The van der Waals surface area contributed by atoms with E-state index in [1.807, 2.05) is 13.1 Å². The lowest BCUT2D eigenvalue weighted by atomic mass is 10.2. The van der Waals surface area contributed by atoms with Crippen molar-refractivity contribution in [2.45, 2.75) is 0 Å². The van der Waals surface area contributed by atoms with Crippen LogP contribution in [0.4, 0.5) is 11.4 Å². The molecule has 0 fully saturated rings. The van der Waals surface area contributed by atoms with E-state index in [9.17, 15) is 8.42 Å². The van der Waals surface area contributed by atoms with Crippen molar-refractivity contribution < 1.29 is 13.2 Å². The summed E-state index contributed by atoms with van der Waals surface area (Å²) >= 11 is 0. The Balaban J connectivity index is 2.27. The third-order valence-electron chi connectivity index (χ3n) is 2.78. The van der Waals surface area contributed by atoms with E-state index in [1.54, 1.807) is 12.1 Å². The third kappa shape index (κ3) is 2.51. The maximum absolute atomic E-state index is 11.7. The van der Waals surface area contributed by atoms with Crippen molar-refractivity contribution in [3.63, 3.8) is 0 Å². The van der Waals surface area contributed by atoms with Gasteiger partial charge in [-0.1, -0.05) is 0 Å². The Morgan fingerprint density at radius 1 is 1.39 bits per heavy atom. The zero-order valence-corrected chi connectivity index (χ0v) is 11.5. The van der Waals surface area contributed by atoms with Crippen LogP contribution in [-0.4, -0.2) is 47.0 Å². The van der Waals surface area contributed by atoms with Crippen molar-refractivity contribution >= 4 is 21.6 Å². The predicted molar refractivity (Wildman–Crippen MR) is 71.4 cm³/mol. The zero-order chi connectivity index (χ0) is 13.3. The maximum Gasteiger partial charge on any atom is 0.301 e. The molecule has 0 amide bonds. The van der Waals surface area contributed by atoms with Crippen LogP contribution in [0.3, 0.4) is 0 Å². The summed E-state index contributed by atoms with van der Waals surface area (Å²) in [5, 5.41) is 0. The van der Waals surface area contributed by atoms with Crippen LogP contribution in [0.1, 0.15) is 0 Å². The number of anilines is 2. The summed E-state index contributed by atoms with van der Waals surface area (Å²) in [6.07, 6.45) is 0. The van der Waals surface area contributed by atoms with Crippen LogP contribution in [0, 0.1) is 0 Å². The minimum Gasteiger partial charge on any atom is -0.489 e. The summed E-state index contributed by atoms with van der Waals surface area (Å²) in [7, 11) is 1.45. The standard InChI is InChI=1S/C11H17N3O3S/c1-13(2)18(15,16)12-9-4-5-10-11(8-9)17-7-6-14(10)3/h4-5,8,12H,6-7H2,1-3H3. The molecule has 1 aromatic rings. The monoisotopic (exact) mass is 271 g/mol. The Hall–Kier alpha value is -1.47. The Morgan fingerprint density at radius 3 is 2.78 bits per heavy atom. The van der Waals surface area contributed by atoms with E-state index < -0.39 is 10.2 Å². The van der Waals surface area contributed by atoms with E-state index in [2.05, 4.69) is 9.62 Å². The molecule has 1 aliphatic heterocycles. The summed E-state index contributed by atoms with van der Waals surface area (Å²) in [6, 6.07) is 5.28. The average molecular weight is 271 g/mol. The number of nitrogens with zero attached hydrogens (tertiary/aromatic N) is 2. The first kappa shape index (κ1) is 13.0. The molecule has 1 aliphatic rings. The van der Waals surface area contributed by atoms with Crippen LogP contribution in [0.15, 0.2) is 18.2 Å². The number of fused-ring (bicyclic) bond motifs is 1. The van der Waals surface area contributed by atoms with Crippen molar-refractivity contribution in [1.82, 2.24) is 4.31 Å². The molecule has 0 radical (unpaired) electrons. The molecule has 0 atom stereocenters. The van der Waals surface area contributed by atoms with Gasteiger partial charge in [-0.3, -0.25) is 4.72 Å². The van der Waals surface area contributed by atoms with E-state index in [4.69, 9.17) is 4.74 Å². The maximum atomic E-state index is 11.7. The van der Waals surface area contributed by atoms with Gasteiger partial charge in [0.05, 0.1) is 17.9 Å². The van der Waals surface area contributed by atoms with Crippen LogP contribution in [0.2, 0.25) is 0 Å². The Morgan fingerprint density at radius 2 is 2.11 bits per heavy atom. The van der Waals surface area contributed by atoms with Crippen LogP contribution < -0.4 is 14.4 Å². The molecule has 1 aromatic carbocycles. The first-order chi connectivity index (χ1) is 8.40. The molecule has 6 nitrogen and oxygen atoms in total. The molecule has 2 rings (SSSR count). The number of benzene rings is 1. The molecular formula is C11H17N3O3S. The smallest absolute Gasteiger partial charge is 0.301 e. The summed E-state index contributed by atoms with van der Waals surface area (Å²) in [5.74, 6) is 0.697. The number of rotatable bonds is 3. The van der Waals surface area contributed by atoms with Gasteiger partial charge in [-0.05, 0) is 12.1 Å². The van der Waals surface area contributed by atoms with Crippen molar-refractivity contribution in [1.29, 1.82) is 0 Å². The highest BCUT2D eigenvalue weighted by atomic mass is 32.2. The van der Waals surface area contributed by atoms with Gasteiger partial charge in [0.15, 0.2) is 0 Å². The molecule has 100 valence electrons. The van der Waals surface area contributed by atoms with Gasteiger partial charge in [-0.15, -0.1) is 0 Å². The number of nitrogens with one attached hydrogen (secondary N) is 1. The molecule has 0 unspecified atom stereocenters. The minimum absolute atomic E-state index is 0.498. The Bertz CT molecular complexity index is 542. The molecule has 0 aliphatic carbocycles. The zero-order valence-electron chi connectivity index (χ0n) is 10.7. The highest BCUT2D eigenvalue weighted by Gasteiger charge is 2.18.